The van der Waals surface area contributed by atoms with Crippen LogP contribution in [0.3, 0.4) is 0 Å². The number of rotatable bonds is 8. The summed E-state index contributed by atoms with van der Waals surface area (Å²) >= 11 is 2.55. The molecule has 426 valence electrons. The van der Waals surface area contributed by atoms with Crippen LogP contribution in [0.15, 0.2) is 255 Å². The van der Waals surface area contributed by atoms with Crippen molar-refractivity contribution in [1.82, 2.24) is 14.1 Å². The largest absolute Gasteiger partial charge is 0.0343 e. The minimum atomic E-state index is -0.747. The zero-order valence-electron chi connectivity index (χ0n) is 50.2. The van der Waals surface area contributed by atoms with Gasteiger partial charge in [0, 0.05) is 11.9 Å². The number of pyridine rings is 1. The molecular weight excluding hydrogens is 1230 g/mol. The summed E-state index contributed by atoms with van der Waals surface area (Å²) in [6.45, 7) is 20.6. The standard InChI is InChI=1S/C79H69N5O.Pt/c1-76(2,3)55-30-24-32-59(46-55)83-68-37-19-16-34-64(68)79(65-35-17-20-38-69(65)83)66-36-18-21-39-70(66)84(74-49-56(44-45-80-74)77(4,5)6)73-51-61(42-43-67(73)79)85-60-33-25-31-58(50-60)81-52-82(72-41-23-22-40-71(72)81)75-62(53-26-12-10-13-27-53)47-57(78(7,8)9)48-63(75)54-28-14-11-15-29-54;/h10-51H,1-9H3;. The third-order valence-electron chi connectivity index (χ3n) is 17.5. The number of hydrogen-bond acceptors (Lipinski definition) is 4. The molecule has 0 saturated heterocycles. The topological polar surface area (TPSA) is 38.5 Å². The molecule has 0 unspecified atom stereocenters. The van der Waals surface area contributed by atoms with E-state index in [1.807, 2.05) is 6.20 Å². The monoisotopic (exact) mass is 1300 g/mol. The fraction of sp³-hybridized carbons (Fsp3) is 0.165. The minimum Gasteiger partial charge on any atom is -0.0343 e. The van der Waals surface area contributed by atoms with Crippen LogP contribution in [-0.2, 0) is 41.0 Å². The number of anilines is 6. The fourth-order valence-corrected chi connectivity index (χ4v) is 14.3. The van der Waals surface area contributed by atoms with Crippen molar-refractivity contribution >= 4 is 45.3 Å². The maximum Gasteiger partial charge on any atom is -0.0343 e. The van der Waals surface area contributed by atoms with Crippen molar-refractivity contribution in [3.8, 4) is 45.1 Å². The molecule has 86 heavy (non-hydrogen) atoms. The SMILES string of the molecule is CC(C)(C)c1cccc(N2c3ccccc3C3(c4ccccc42)c2ccccc2N(c2cc(C(C)(C)C)ccn2)c2cc(Oc4cccc(-n5[c](=[Pt])n(-c6c(-c7ccccc7)cc(C(C)(C)C)cc6-c6ccccc6)c6ccccc65)c4)ccc23)c1. The van der Waals surface area contributed by atoms with Gasteiger partial charge in [-0.1, -0.05) is 108 Å². The van der Waals surface area contributed by atoms with Crippen LogP contribution in [0.25, 0.3) is 44.7 Å². The fourth-order valence-electron chi connectivity index (χ4n) is 13.2. The molecule has 1 spiro atoms. The van der Waals surface area contributed by atoms with Gasteiger partial charge in [-0.3, -0.25) is 0 Å². The van der Waals surface area contributed by atoms with Crippen LogP contribution < -0.4 is 14.5 Å². The summed E-state index contributed by atoms with van der Waals surface area (Å²) in [6, 6.07) is 91.1. The van der Waals surface area contributed by atoms with Gasteiger partial charge in [0.05, 0.1) is 11.4 Å². The molecule has 12 aromatic rings. The molecule has 4 heterocycles. The Hall–Kier alpha value is -9.09. The quantitative estimate of drug-likeness (QED) is 0.152. The number of para-hydroxylation sites is 5. The molecule has 0 bridgehead atoms. The Bertz CT molecular complexity index is 4540. The van der Waals surface area contributed by atoms with Crippen LogP contribution in [0, 0.1) is 3.80 Å². The van der Waals surface area contributed by atoms with Gasteiger partial charge in [0.1, 0.15) is 0 Å². The zero-order valence-corrected chi connectivity index (χ0v) is 52.5. The van der Waals surface area contributed by atoms with Crippen LogP contribution >= 0.6 is 0 Å². The molecule has 14 rings (SSSR count). The molecule has 7 heteroatoms. The van der Waals surface area contributed by atoms with E-state index in [1.165, 1.54) is 44.5 Å². The summed E-state index contributed by atoms with van der Waals surface area (Å²) in [7, 11) is 0. The van der Waals surface area contributed by atoms with Crippen LogP contribution in [0.5, 0.6) is 11.5 Å². The molecular formula is C79H69N5OPt. The first-order chi connectivity index (χ1) is 41.5. The van der Waals surface area contributed by atoms with E-state index in [9.17, 15) is 0 Å². The minimum absolute atomic E-state index is 0.0339. The van der Waals surface area contributed by atoms with Crippen molar-refractivity contribution < 1.29 is 24.1 Å². The molecule has 6 nitrogen and oxygen atoms in total. The van der Waals surface area contributed by atoms with Crippen molar-refractivity contribution in [2.45, 2.75) is 84.0 Å². The Kier molecular flexibility index (Phi) is 13.3. The van der Waals surface area contributed by atoms with Gasteiger partial charge < -0.3 is 4.90 Å². The predicted octanol–water partition coefficient (Wildman–Crippen LogP) is 20.9. The van der Waals surface area contributed by atoms with Gasteiger partial charge in [0.15, 0.2) is 0 Å². The first-order valence-corrected chi connectivity index (χ1v) is 31.0. The maximum atomic E-state index is 7.25. The van der Waals surface area contributed by atoms with E-state index < -0.39 is 5.41 Å². The smallest absolute Gasteiger partial charge is 0.0343 e. The third kappa shape index (κ3) is 9.11. The average molecular weight is 1300 g/mol. The van der Waals surface area contributed by atoms with E-state index in [-0.39, 0.29) is 16.2 Å². The summed E-state index contributed by atoms with van der Waals surface area (Å²) in [5.41, 5.74) is 22.0. The van der Waals surface area contributed by atoms with Crippen molar-refractivity contribution in [3.05, 3.63) is 298 Å². The van der Waals surface area contributed by atoms with Gasteiger partial charge in [-0.2, -0.15) is 0 Å². The predicted molar refractivity (Wildman–Crippen MR) is 352 cm³/mol. The second-order valence-corrected chi connectivity index (χ2v) is 27.0. The van der Waals surface area contributed by atoms with E-state index in [4.69, 9.17) is 9.72 Å². The molecule has 0 amide bonds. The molecule has 2 aromatic heterocycles. The third-order valence-corrected chi connectivity index (χ3v) is 18.5. The number of hydrogen-bond donors (Lipinski definition) is 0. The molecule has 0 atom stereocenters. The second-order valence-electron chi connectivity index (χ2n) is 26.0. The Morgan fingerprint density at radius 2 is 0.849 bits per heavy atom. The number of nitrogens with zero attached hydrogens (tertiary/aromatic N) is 5. The van der Waals surface area contributed by atoms with Crippen molar-refractivity contribution in [2.24, 2.45) is 0 Å². The Labute approximate surface area is 516 Å². The molecule has 0 fully saturated rings. The van der Waals surface area contributed by atoms with Crippen molar-refractivity contribution in [2.75, 3.05) is 9.80 Å². The Balaban J connectivity index is 0.953. The Morgan fingerprint density at radius 3 is 1.43 bits per heavy atom. The first kappa shape index (κ1) is 54.8. The van der Waals surface area contributed by atoms with Gasteiger partial charge in [-0.05, 0) is 52.3 Å². The van der Waals surface area contributed by atoms with Gasteiger partial charge in [0.2, 0.25) is 0 Å². The molecule has 0 aliphatic carbocycles. The number of imidazole rings is 1. The summed E-state index contributed by atoms with van der Waals surface area (Å²) < 4.78 is 13.1. The summed E-state index contributed by atoms with van der Waals surface area (Å²) in [6.07, 6.45) is 1.96. The number of benzene rings is 10. The van der Waals surface area contributed by atoms with Crippen LogP contribution in [0.4, 0.5) is 34.3 Å². The van der Waals surface area contributed by atoms with E-state index >= 15 is 0 Å². The van der Waals surface area contributed by atoms with Crippen molar-refractivity contribution in [1.29, 1.82) is 0 Å². The molecule has 10 aromatic carbocycles. The molecule has 2 aliphatic rings. The zero-order chi connectivity index (χ0) is 59.3. The van der Waals surface area contributed by atoms with Gasteiger partial charge in [-0.15, -0.1) is 0 Å². The van der Waals surface area contributed by atoms with Crippen LogP contribution in [-0.4, -0.2) is 14.1 Å². The molecule has 0 radical (unpaired) electrons. The van der Waals surface area contributed by atoms with E-state index in [2.05, 4.69) is 349 Å². The summed E-state index contributed by atoms with van der Waals surface area (Å²) in [5, 5.41) is 0. The second kappa shape index (κ2) is 20.9. The number of ether oxygens (including phenoxy) is 1. The number of aromatic nitrogens is 3. The first-order valence-electron chi connectivity index (χ1n) is 29.8. The van der Waals surface area contributed by atoms with Gasteiger partial charge >= 0.3 is 331 Å². The molecule has 0 saturated carbocycles. The molecule has 0 N–H and O–H groups in total. The van der Waals surface area contributed by atoms with Crippen LogP contribution in [0.2, 0.25) is 0 Å². The average Bonchev–Trinajstić information content (AvgIpc) is 0.790. The van der Waals surface area contributed by atoms with Gasteiger partial charge in [0.25, 0.3) is 0 Å². The van der Waals surface area contributed by atoms with E-state index in [0.29, 0.717) is 5.75 Å². The molecule has 2 aliphatic heterocycles. The van der Waals surface area contributed by atoms with E-state index in [1.54, 1.807) is 0 Å². The summed E-state index contributed by atoms with van der Waals surface area (Å²) in [5.74, 6) is 2.28. The van der Waals surface area contributed by atoms with Crippen molar-refractivity contribution in [3.63, 3.8) is 0 Å². The maximum absolute atomic E-state index is 7.25. The van der Waals surface area contributed by atoms with E-state index in [0.717, 1.165) is 82.9 Å². The van der Waals surface area contributed by atoms with Gasteiger partial charge in [-0.25, -0.2) is 0 Å². The normalized spacial score (nSPS) is 13.5. The van der Waals surface area contributed by atoms with Crippen LogP contribution in [0.1, 0.15) is 101 Å². The number of fused-ring (bicyclic) bond motifs is 9. The Morgan fingerprint density at radius 1 is 0.372 bits per heavy atom. The summed E-state index contributed by atoms with van der Waals surface area (Å²) in [4.78, 5) is 10.1.